The van der Waals surface area contributed by atoms with Crippen molar-refractivity contribution < 1.29 is 4.52 Å². The van der Waals surface area contributed by atoms with Gasteiger partial charge in [0.2, 0.25) is 5.89 Å². The maximum absolute atomic E-state index is 6.35. The molecule has 0 unspecified atom stereocenters. The molecule has 2 N–H and O–H groups in total. The van der Waals surface area contributed by atoms with Gasteiger partial charge in [-0.25, -0.2) is 0 Å². The number of nitrogens with two attached hydrogens (primary N) is 1. The molecular weight excluding hydrogens is 214 g/mol. The molecule has 17 heavy (non-hydrogen) atoms. The summed E-state index contributed by atoms with van der Waals surface area (Å²) in [6.07, 6.45) is 7.53. The van der Waals surface area contributed by atoms with Gasteiger partial charge in [0.25, 0.3) is 0 Å². The molecule has 96 valence electrons. The summed E-state index contributed by atoms with van der Waals surface area (Å²) in [6.45, 7) is 4.40. The fraction of sp³-hybridized carbons (Fsp3) is 0.846. The van der Waals surface area contributed by atoms with Crippen LogP contribution in [0, 0.1) is 5.92 Å². The van der Waals surface area contributed by atoms with E-state index in [1.165, 1.54) is 19.3 Å². The van der Waals surface area contributed by atoms with Gasteiger partial charge >= 0.3 is 0 Å². The minimum Gasteiger partial charge on any atom is -0.337 e. The average molecular weight is 237 g/mol. The summed E-state index contributed by atoms with van der Waals surface area (Å²) in [5.41, 5.74) is 5.99. The van der Waals surface area contributed by atoms with Crippen LogP contribution in [0.15, 0.2) is 4.52 Å². The molecule has 4 nitrogen and oxygen atoms in total. The first-order valence-electron chi connectivity index (χ1n) is 6.72. The Balaban J connectivity index is 2.01. The number of aromatic nitrogens is 2. The van der Waals surface area contributed by atoms with E-state index >= 15 is 0 Å². The summed E-state index contributed by atoms with van der Waals surface area (Å²) in [7, 11) is 0. The maximum Gasteiger partial charge on any atom is 0.246 e. The Labute approximate surface area is 103 Å². The van der Waals surface area contributed by atoms with Crippen LogP contribution in [-0.4, -0.2) is 10.1 Å². The molecule has 0 radical (unpaired) electrons. The highest BCUT2D eigenvalue weighted by molar-refractivity contribution is 5.03. The highest BCUT2D eigenvalue weighted by Gasteiger charge is 2.34. The Hall–Kier alpha value is -0.900. The first-order valence-corrected chi connectivity index (χ1v) is 6.72. The summed E-state index contributed by atoms with van der Waals surface area (Å²) >= 11 is 0. The van der Waals surface area contributed by atoms with Gasteiger partial charge in [-0.1, -0.05) is 38.3 Å². The number of rotatable bonds is 4. The molecule has 1 aromatic rings. The van der Waals surface area contributed by atoms with Crippen LogP contribution in [0.2, 0.25) is 0 Å². The molecule has 0 amide bonds. The Morgan fingerprint density at radius 1 is 1.29 bits per heavy atom. The zero-order valence-electron chi connectivity index (χ0n) is 10.9. The molecule has 0 aromatic carbocycles. The third-order valence-corrected chi connectivity index (χ3v) is 3.59. The Morgan fingerprint density at radius 3 is 2.65 bits per heavy atom. The lowest BCUT2D eigenvalue weighted by Gasteiger charge is -2.29. The van der Waals surface area contributed by atoms with E-state index in [2.05, 4.69) is 24.0 Å². The third kappa shape index (κ3) is 3.06. The first kappa shape index (κ1) is 12.6. The topological polar surface area (TPSA) is 64.9 Å². The minimum atomic E-state index is -0.360. The van der Waals surface area contributed by atoms with Gasteiger partial charge in [0.05, 0.1) is 5.54 Å². The second kappa shape index (κ2) is 5.17. The zero-order chi connectivity index (χ0) is 12.3. The molecule has 2 rings (SSSR count). The first-order chi connectivity index (χ1) is 8.10. The molecule has 0 bridgehead atoms. The average Bonchev–Trinajstić information content (AvgIpc) is 2.76. The van der Waals surface area contributed by atoms with Crippen LogP contribution in [0.3, 0.4) is 0 Å². The van der Waals surface area contributed by atoms with E-state index in [0.717, 1.165) is 31.5 Å². The maximum atomic E-state index is 6.35. The number of hydrogen-bond acceptors (Lipinski definition) is 4. The van der Waals surface area contributed by atoms with Crippen molar-refractivity contribution in [3.8, 4) is 0 Å². The largest absolute Gasteiger partial charge is 0.337 e. The summed E-state index contributed by atoms with van der Waals surface area (Å²) in [5, 5.41) is 4.04. The van der Waals surface area contributed by atoms with E-state index in [9.17, 15) is 0 Å². The molecular formula is C13H23N3O. The summed E-state index contributed by atoms with van der Waals surface area (Å²) in [6, 6.07) is 0. The highest BCUT2D eigenvalue weighted by atomic mass is 16.5. The normalized spacial score (nSPS) is 19.8. The second-order valence-electron chi connectivity index (χ2n) is 5.67. The molecule has 0 spiro atoms. The van der Waals surface area contributed by atoms with Crippen LogP contribution in [-0.2, 0) is 12.0 Å². The number of hydrogen-bond donors (Lipinski definition) is 1. The predicted octanol–water partition coefficient (Wildman–Crippen LogP) is 2.78. The molecule has 1 aromatic heterocycles. The fourth-order valence-corrected chi connectivity index (χ4v) is 2.37. The summed E-state index contributed by atoms with van der Waals surface area (Å²) in [4.78, 5) is 4.47. The van der Waals surface area contributed by atoms with Gasteiger partial charge in [-0.2, -0.15) is 4.98 Å². The summed E-state index contributed by atoms with van der Waals surface area (Å²) < 4.78 is 5.35. The lowest BCUT2D eigenvalue weighted by molar-refractivity contribution is 0.219. The van der Waals surface area contributed by atoms with Crippen molar-refractivity contribution in [1.82, 2.24) is 10.1 Å². The SMILES string of the molecule is CC(C)CCc1noc(C2(N)CCCCC2)n1. The fourth-order valence-electron chi connectivity index (χ4n) is 2.37. The van der Waals surface area contributed by atoms with Gasteiger partial charge < -0.3 is 10.3 Å². The van der Waals surface area contributed by atoms with Crippen molar-refractivity contribution in [2.45, 2.75) is 64.3 Å². The monoisotopic (exact) mass is 237 g/mol. The van der Waals surface area contributed by atoms with Crippen LogP contribution >= 0.6 is 0 Å². The van der Waals surface area contributed by atoms with Crippen LogP contribution in [0.4, 0.5) is 0 Å². The summed E-state index contributed by atoms with van der Waals surface area (Å²) in [5.74, 6) is 2.12. The quantitative estimate of drug-likeness (QED) is 0.874. The molecule has 1 heterocycles. The van der Waals surface area contributed by atoms with Gasteiger partial charge in [0.15, 0.2) is 5.82 Å². The van der Waals surface area contributed by atoms with Gasteiger partial charge in [-0.05, 0) is 25.2 Å². The van der Waals surface area contributed by atoms with Crippen molar-refractivity contribution in [2.75, 3.05) is 0 Å². The minimum absolute atomic E-state index is 0.360. The van der Waals surface area contributed by atoms with Crippen molar-refractivity contribution in [3.05, 3.63) is 11.7 Å². The molecule has 0 atom stereocenters. The van der Waals surface area contributed by atoms with Crippen LogP contribution in [0.25, 0.3) is 0 Å². The zero-order valence-corrected chi connectivity index (χ0v) is 10.9. The smallest absolute Gasteiger partial charge is 0.246 e. The Morgan fingerprint density at radius 2 is 2.00 bits per heavy atom. The van der Waals surface area contributed by atoms with Crippen LogP contribution in [0.1, 0.15) is 64.1 Å². The standard InChI is InChI=1S/C13H23N3O/c1-10(2)6-7-11-15-12(17-16-11)13(14)8-4-3-5-9-13/h10H,3-9,14H2,1-2H3. The van der Waals surface area contributed by atoms with Gasteiger partial charge in [0, 0.05) is 6.42 Å². The molecule has 1 aliphatic rings. The lowest BCUT2D eigenvalue weighted by atomic mass is 9.82. The third-order valence-electron chi connectivity index (χ3n) is 3.59. The van der Waals surface area contributed by atoms with Crippen molar-refractivity contribution in [3.63, 3.8) is 0 Å². The Bertz CT molecular complexity index is 353. The molecule has 1 aliphatic carbocycles. The molecule has 0 saturated heterocycles. The van der Waals surface area contributed by atoms with E-state index in [0.29, 0.717) is 11.8 Å². The van der Waals surface area contributed by atoms with E-state index < -0.39 is 0 Å². The lowest BCUT2D eigenvalue weighted by Crippen LogP contribution is -2.39. The molecule has 1 fully saturated rings. The van der Waals surface area contributed by atoms with E-state index in [1.54, 1.807) is 0 Å². The van der Waals surface area contributed by atoms with Crippen LogP contribution < -0.4 is 5.73 Å². The van der Waals surface area contributed by atoms with Gasteiger partial charge in [-0.3, -0.25) is 0 Å². The molecule has 1 saturated carbocycles. The number of aryl methyl sites for hydroxylation is 1. The van der Waals surface area contributed by atoms with Crippen molar-refractivity contribution in [2.24, 2.45) is 11.7 Å². The van der Waals surface area contributed by atoms with Gasteiger partial charge in [-0.15, -0.1) is 0 Å². The molecule has 0 aliphatic heterocycles. The van der Waals surface area contributed by atoms with Crippen LogP contribution in [0.5, 0.6) is 0 Å². The number of nitrogens with zero attached hydrogens (tertiary/aromatic N) is 2. The van der Waals surface area contributed by atoms with Gasteiger partial charge in [0.1, 0.15) is 0 Å². The van der Waals surface area contributed by atoms with Crippen molar-refractivity contribution >= 4 is 0 Å². The highest BCUT2D eigenvalue weighted by Crippen LogP contribution is 2.33. The Kier molecular flexibility index (Phi) is 3.82. The molecule has 4 heteroatoms. The van der Waals surface area contributed by atoms with E-state index in [4.69, 9.17) is 10.3 Å². The predicted molar refractivity (Wildman–Crippen MR) is 66.4 cm³/mol. The second-order valence-corrected chi connectivity index (χ2v) is 5.67. The van der Waals surface area contributed by atoms with E-state index in [1.807, 2.05) is 0 Å². The van der Waals surface area contributed by atoms with E-state index in [-0.39, 0.29) is 5.54 Å². The van der Waals surface area contributed by atoms with Crippen molar-refractivity contribution in [1.29, 1.82) is 0 Å².